The van der Waals surface area contributed by atoms with Gasteiger partial charge in [-0.3, -0.25) is 0 Å². The van der Waals surface area contributed by atoms with Crippen molar-refractivity contribution >= 4 is 31.5 Å². The largest absolute Gasteiger partial charge is 0.326 e. The molecule has 1 aromatic carbocycles. The number of sulfone groups is 1. The van der Waals surface area contributed by atoms with Crippen LogP contribution in [0.25, 0.3) is 0 Å². The van der Waals surface area contributed by atoms with Crippen molar-refractivity contribution in [2.24, 2.45) is 5.73 Å². The molecule has 0 unspecified atom stereocenters. The van der Waals surface area contributed by atoms with E-state index in [0.717, 1.165) is 0 Å². The van der Waals surface area contributed by atoms with E-state index in [1.165, 1.54) is 18.2 Å². The highest BCUT2D eigenvalue weighted by atomic mass is 35.5. The molecular formula is C12H17ClN2O4S2. The van der Waals surface area contributed by atoms with Crippen molar-refractivity contribution in [3.05, 3.63) is 28.8 Å². The molecule has 1 heterocycles. The molecule has 1 aliphatic rings. The van der Waals surface area contributed by atoms with Crippen LogP contribution in [-0.4, -0.2) is 34.4 Å². The third kappa shape index (κ3) is 4.17. The Morgan fingerprint density at radius 1 is 1.29 bits per heavy atom. The number of nitrogens with two attached hydrogens (primary N) is 1. The lowest BCUT2D eigenvalue weighted by Crippen LogP contribution is -2.40. The van der Waals surface area contributed by atoms with Gasteiger partial charge in [-0.05, 0) is 36.6 Å². The predicted octanol–water partition coefficient (Wildman–Crippen LogP) is 0.654. The van der Waals surface area contributed by atoms with Crippen molar-refractivity contribution in [3.8, 4) is 0 Å². The molecule has 1 aromatic rings. The molecule has 6 nitrogen and oxygen atoms in total. The maximum absolute atomic E-state index is 12.3. The molecule has 1 aliphatic heterocycles. The van der Waals surface area contributed by atoms with Gasteiger partial charge in [-0.2, -0.15) is 0 Å². The van der Waals surface area contributed by atoms with E-state index in [2.05, 4.69) is 4.72 Å². The molecule has 1 saturated heterocycles. The Kier molecular flexibility index (Phi) is 4.94. The minimum Gasteiger partial charge on any atom is -0.326 e. The number of sulfonamides is 1. The monoisotopic (exact) mass is 352 g/mol. The second-order valence-electron chi connectivity index (χ2n) is 5.00. The molecular weight excluding hydrogens is 336 g/mol. The first-order chi connectivity index (χ1) is 9.73. The van der Waals surface area contributed by atoms with Crippen molar-refractivity contribution in [3.63, 3.8) is 0 Å². The van der Waals surface area contributed by atoms with Crippen molar-refractivity contribution in [2.45, 2.75) is 30.3 Å². The quantitative estimate of drug-likeness (QED) is 0.827. The number of nitrogens with one attached hydrogen (secondary N) is 1. The normalized spacial score (nSPS) is 19.5. The SMILES string of the molecule is NCc1cc(S(=O)(=O)NC2CCS(=O)(=O)CC2)ccc1Cl. The summed E-state index contributed by atoms with van der Waals surface area (Å²) in [4.78, 5) is 0.0841. The minimum atomic E-state index is -3.71. The molecule has 21 heavy (non-hydrogen) atoms. The summed E-state index contributed by atoms with van der Waals surface area (Å²) < 4.78 is 49.8. The molecule has 2 rings (SSSR count). The average molecular weight is 353 g/mol. The molecule has 0 amide bonds. The first-order valence-corrected chi connectivity index (χ1v) is 10.1. The fourth-order valence-corrected chi connectivity index (χ4v) is 5.21. The van der Waals surface area contributed by atoms with E-state index in [1.54, 1.807) is 0 Å². The standard InChI is InChI=1S/C12H17ClN2O4S2/c13-12-2-1-11(7-9(12)8-14)21(18,19)15-10-3-5-20(16,17)6-4-10/h1-2,7,10,15H,3-6,8,14H2. The molecule has 0 radical (unpaired) electrons. The first kappa shape index (κ1) is 16.7. The number of benzene rings is 1. The summed E-state index contributed by atoms with van der Waals surface area (Å²) in [5, 5.41) is 0.417. The second-order valence-corrected chi connectivity index (χ2v) is 9.43. The summed E-state index contributed by atoms with van der Waals surface area (Å²) >= 11 is 5.91. The topological polar surface area (TPSA) is 106 Å². The Labute approximate surface area is 129 Å². The van der Waals surface area contributed by atoms with Gasteiger partial charge in [0.2, 0.25) is 10.0 Å². The Morgan fingerprint density at radius 3 is 2.48 bits per heavy atom. The van der Waals surface area contributed by atoms with Gasteiger partial charge in [0.25, 0.3) is 0 Å². The van der Waals surface area contributed by atoms with Gasteiger partial charge in [0.05, 0.1) is 16.4 Å². The van der Waals surface area contributed by atoms with Crippen LogP contribution in [0.2, 0.25) is 5.02 Å². The third-order valence-electron chi connectivity index (χ3n) is 3.42. The van der Waals surface area contributed by atoms with Crippen LogP contribution in [0.3, 0.4) is 0 Å². The van der Waals surface area contributed by atoms with Gasteiger partial charge in [-0.15, -0.1) is 0 Å². The molecule has 0 bridgehead atoms. The zero-order valence-electron chi connectivity index (χ0n) is 11.2. The lowest BCUT2D eigenvalue weighted by molar-refractivity contribution is 0.505. The molecule has 0 saturated carbocycles. The zero-order valence-corrected chi connectivity index (χ0v) is 13.6. The minimum absolute atomic E-state index is 0.00878. The maximum Gasteiger partial charge on any atom is 0.240 e. The summed E-state index contributed by atoms with van der Waals surface area (Å²) in [6.45, 7) is 0.143. The van der Waals surface area contributed by atoms with E-state index >= 15 is 0 Å². The molecule has 0 aromatic heterocycles. The van der Waals surface area contributed by atoms with Crippen LogP contribution in [0.15, 0.2) is 23.1 Å². The Balaban J connectivity index is 2.16. The zero-order chi connectivity index (χ0) is 15.7. The van der Waals surface area contributed by atoms with Gasteiger partial charge in [0, 0.05) is 17.6 Å². The fraction of sp³-hybridized carbons (Fsp3) is 0.500. The summed E-state index contributed by atoms with van der Waals surface area (Å²) in [5.41, 5.74) is 6.06. The smallest absolute Gasteiger partial charge is 0.240 e. The Morgan fingerprint density at radius 2 is 1.90 bits per heavy atom. The van der Waals surface area contributed by atoms with E-state index in [9.17, 15) is 16.8 Å². The fourth-order valence-electron chi connectivity index (χ4n) is 2.17. The van der Waals surface area contributed by atoms with E-state index < -0.39 is 19.9 Å². The summed E-state index contributed by atoms with van der Waals surface area (Å²) in [6.07, 6.45) is 0.581. The van der Waals surface area contributed by atoms with Crippen LogP contribution in [0.4, 0.5) is 0 Å². The van der Waals surface area contributed by atoms with Crippen molar-refractivity contribution in [1.82, 2.24) is 4.72 Å². The van der Waals surface area contributed by atoms with Crippen LogP contribution in [0.1, 0.15) is 18.4 Å². The van der Waals surface area contributed by atoms with Gasteiger partial charge in [0.1, 0.15) is 9.84 Å². The molecule has 0 spiro atoms. The Hall–Kier alpha value is -0.670. The van der Waals surface area contributed by atoms with Crippen molar-refractivity contribution < 1.29 is 16.8 Å². The van der Waals surface area contributed by atoms with E-state index in [0.29, 0.717) is 23.4 Å². The number of halogens is 1. The summed E-state index contributed by atoms with van der Waals surface area (Å²) in [7, 11) is -6.73. The van der Waals surface area contributed by atoms with Gasteiger partial charge < -0.3 is 5.73 Å². The predicted molar refractivity (Wildman–Crippen MR) is 81.3 cm³/mol. The molecule has 0 aliphatic carbocycles. The van der Waals surface area contributed by atoms with Gasteiger partial charge in [-0.25, -0.2) is 21.6 Å². The first-order valence-electron chi connectivity index (χ1n) is 6.45. The average Bonchev–Trinajstić information content (AvgIpc) is 2.41. The lowest BCUT2D eigenvalue weighted by atomic mass is 10.2. The van der Waals surface area contributed by atoms with Crippen molar-refractivity contribution in [2.75, 3.05) is 11.5 Å². The Bertz CT molecular complexity index is 718. The molecule has 9 heteroatoms. The molecule has 118 valence electrons. The maximum atomic E-state index is 12.3. The van der Waals surface area contributed by atoms with Gasteiger partial charge >= 0.3 is 0 Å². The van der Waals surface area contributed by atoms with Crippen LogP contribution >= 0.6 is 11.6 Å². The van der Waals surface area contributed by atoms with E-state index in [-0.39, 0.29) is 29.0 Å². The van der Waals surface area contributed by atoms with Gasteiger partial charge in [0.15, 0.2) is 0 Å². The van der Waals surface area contributed by atoms with Crippen LogP contribution in [-0.2, 0) is 26.4 Å². The van der Waals surface area contributed by atoms with Crippen LogP contribution in [0, 0.1) is 0 Å². The van der Waals surface area contributed by atoms with Crippen LogP contribution < -0.4 is 10.5 Å². The number of rotatable bonds is 4. The summed E-state index contributed by atoms with van der Waals surface area (Å²) in [6, 6.07) is 3.97. The van der Waals surface area contributed by atoms with Crippen LogP contribution in [0.5, 0.6) is 0 Å². The molecule has 0 atom stereocenters. The van der Waals surface area contributed by atoms with Gasteiger partial charge in [-0.1, -0.05) is 11.6 Å². The number of hydrogen-bond acceptors (Lipinski definition) is 5. The highest BCUT2D eigenvalue weighted by Crippen LogP contribution is 2.21. The molecule has 3 N–H and O–H groups in total. The third-order valence-corrected chi connectivity index (χ3v) is 7.03. The highest BCUT2D eigenvalue weighted by Gasteiger charge is 2.27. The number of hydrogen-bond donors (Lipinski definition) is 2. The van der Waals surface area contributed by atoms with Crippen molar-refractivity contribution in [1.29, 1.82) is 0 Å². The summed E-state index contributed by atoms with van der Waals surface area (Å²) in [5.74, 6) is 0.0176. The van der Waals surface area contributed by atoms with E-state index in [1.807, 2.05) is 0 Å². The highest BCUT2D eigenvalue weighted by molar-refractivity contribution is 7.91. The van der Waals surface area contributed by atoms with E-state index in [4.69, 9.17) is 17.3 Å². The molecule has 1 fully saturated rings. The lowest BCUT2D eigenvalue weighted by Gasteiger charge is -2.23. The second kappa shape index (κ2) is 6.21.